The van der Waals surface area contributed by atoms with E-state index >= 15 is 0 Å². The number of nitrogens with zero attached hydrogens (tertiary/aromatic N) is 5. The molecule has 1 amide bonds. The lowest BCUT2D eigenvalue weighted by Crippen LogP contribution is -2.62. The SMILES string of the molecule is CC#CCN1CC(F)(COC(=O)N2[C@@H]3CC[C@H]2CC(Nc2cc(C4CC4)nc4c(C(C)C)cnn24)C3)C1. The van der Waals surface area contributed by atoms with Crippen LogP contribution in [0.5, 0.6) is 0 Å². The van der Waals surface area contributed by atoms with Gasteiger partial charge >= 0.3 is 6.09 Å². The summed E-state index contributed by atoms with van der Waals surface area (Å²) in [6.45, 7) is 7.04. The molecule has 3 saturated heterocycles. The number of nitrogens with one attached hydrogen (secondary N) is 1. The predicted molar refractivity (Wildman–Crippen MR) is 139 cm³/mol. The monoisotopic (exact) mass is 508 g/mol. The van der Waals surface area contributed by atoms with E-state index in [4.69, 9.17) is 9.72 Å². The van der Waals surface area contributed by atoms with Crippen molar-refractivity contribution in [2.24, 2.45) is 0 Å². The first kappa shape index (κ1) is 24.5. The topological polar surface area (TPSA) is 75.0 Å². The highest BCUT2D eigenvalue weighted by atomic mass is 19.1. The van der Waals surface area contributed by atoms with Crippen LogP contribution in [0.2, 0.25) is 0 Å². The molecule has 2 aromatic rings. The number of halogens is 1. The highest BCUT2D eigenvalue weighted by Crippen LogP contribution is 2.41. The van der Waals surface area contributed by atoms with Crippen LogP contribution in [0.15, 0.2) is 12.3 Å². The maximum absolute atomic E-state index is 14.9. The third-order valence-electron chi connectivity index (χ3n) is 8.38. The van der Waals surface area contributed by atoms with E-state index in [1.54, 1.807) is 6.92 Å². The molecule has 3 aliphatic heterocycles. The summed E-state index contributed by atoms with van der Waals surface area (Å²) in [7, 11) is 0. The zero-order valence-corrected chi connectivity index (χ0v) is 22.0. The van der Waals surface area contributed by atoms with Crippen molar-refractivity contribution in [3.8, 4) is 11.8 Å². The molecule has 2 bridgehead atoms. The minimum atomic E-state index is -1.46. The summed E-state index contributed by atoms with van der Waals surface area (Å²) in [5.41, 5.74) is 1.80. The van der Waals surface area contributed by atoms with Gasteiger partial charge in [-0.15, -0.1) is 5.92 Å². The van der Waals surface area contributed by atoms with Crippen LogP contribution in [0.25, 0.3) is 5.65 Å². The molecule has 37 heavy (non-hydrogen) atoms. The van der Waals surface area contributed by atoms with Crippen molar-refractivity contribution in [1.29, 1.82) is 0 Å². The number of likely N-dealkylation sites (tertiary alicyclic amines) is 1. The second-order valence-corrected chi connectivity index (χ2v) is 11.7. The predicted octanol–water partition coefficient (Wildman–Crippen LogP) is 4.32. The molecule has 3 atom stereocenters. The molecule has 1 aliphatic carbocycles. The minimum Gasteiger partial charge on any atom is -0.446 e. The number of rotatable bonds is 7. The van der Waals surface area contributed by atoms with Gasteiger partial charge in [0.1, 0.15) is 12.4 Å². The van der Waals surface area contributed by atoms with E-state index in [0.29, 0.717) is 18.4 Å². The van der Waals surface area contributed by atoms with E-state index in [1.165, 1.54) is 18.4 Å². The summed E-state index contributed by atoms with van der Waals surface area (Å²) in [5.74, 6) is 7.67. The highest BCUT2D eigenvalue weighted by molar-refractivity contribution is 5.69. The van der Waals surface area contributed by atoms with Crippen LogP contribution in [0.4, 0.5) is 15.0 Å². The van der Waals surface area contributed by atoms with Crippen molar-refractivity contribution >= 4 is 17.6 Å². The highest BCUT2D eigenvalue weighted by Gasteiger charge is 2.47. The van der Waals surface area contributed by atoms with E-state index in [9.17, 15) is 9.18 Å². The molecule has 0 aromatic carbocycles. The summed E-state index contributed by atoms with van der Waals surface area (Å²) in [5, 5.41) is 8.43. The molecule has 1 unspecified atom stereocenters. The normalized spacial score (nSPS) is 26.6. The van der Waals surface area contributed by atoms with Crippen LogP contribution < -0.4 is 5.32 Å². The molecule has 4 aliphatic rings. The number of piperidine rings is 1. The molecule has 0 spiro atoms. The van der Waals surface area contributed by atoms with Crippen LogP contribution in [-0.4, -0.2) is 80.5 Å². The van der Waals surface area contributed by atoms with Gasteiger partial charge < -0.3 is 15.0 Å². The number of hydrogen-bond acceptors (Lipinski definition) is 6. The van der Waals surface area contributed by atoms with Crippen LogP contribution in [0.1, 0.15) is 82.4 Å². The van der Waals surface area contributed by atoms with Gasteiger partial charge in [0.2, 0.25) is 0 Å². The third kappa shape index (κ3) is 4.76. The first-order valence-electron chi connectivity index (χ1n) is 13.7. The molecule has 0 radical (unpaired) electrons. The number of amides is 1. The Hall–Kier alpha value is -2.86. The summed E-state index contributed by atoms with van der Waals surface area (Å²) in [6.07, 6.45) is 7.57. The fraction of sp³-hybridized carbons (Fsp3) is 0.679. The van der Waals surface area contributed by atoms with Crippen molar-refractivity contribution in [1.82, 2.24) is 24.4 Å². The zero-order valence-electron chi connectivity index (χ0n) is 22.0. The number of hydrogen-bond donors (Lipinski definition) is 1. The fourth-order valence-corrected chi connectivity index (χ4v) is 6.31. The Morgan fingerprint density at radius 2 is 1.97 bits per heavy atom. The number of anilines is 1. The standard InChI is InChI=1S/C28H37FN6O2/c1-4-5-10-33-15-28(29,16-33)17-37-27(36)34-21-8-9-22(34)12-20(11-21)31-25-13-24(19-6-7-19)32-26-23(18(2)3)14-30-35(25)26/h13-14,18-22,31H,6-12,15-17H2,1-3H3/t20?,21-,22+. The molecule has 4 fully saturated rings. The fourth-order valence-electron chi connectivity index (χ4n) is 6.31. The van der Waals surface area contributed by atoms with Crippen LogP contribution in [-0.2, 0) is 4.74 Å². The number of alkyl halides is 1. The van der Waals surface area contributed by atoms with Gasteiger partial charge in [0, 0.05) is 54.5 Å². The molecule has 5 heterocycles. The van der Waals surface area contributed by atoms with Crippen LogP contribution in [0.3, 0.4) is 0 Å². The average molecular weight is 509 g/mol. The Kier molecular flexibility index (Phi) is 6.26. The number of aromatic nitrogens is 3. The summed E-state index contributed by atoms with van der Waals surface area (Å²) >= 11 is 0. The molecular weight excluding hydrogens is 471 g/mol. The quantitative estimate of drug-likeness (QED) is 0.562. The van der Waals surface area contributed by atoms with Crippen LogP contribution >= 0.6 is 0 Å². The first-order valence-corrected chi connectivity index (χ1v) is 13.7. The van der Waals surface area contributed by atoms with Gasteiger partial charge in [0.15, 0.2) is 11.3 Å². The third-order valence-corrected chi connectivity index (χ3v) is 8.38. The van der Waals surface area contributed by atoms with E-state index in [0.717, 1.165) is 42.8 Å². The Bertz CT molecular complexity index is 1220. The Balaban J connectivity index is 1.10. The van der Waals surface area contributed by atoms with Crippen molar-refractivity contribution in [3.63, 3.8) is 0 Å². The van der Waals surface area contributed by atoms with Gasteiger partial charge in [-0.2, -0.15) is 9.61 Å². The lowest BCUT2D eigenvalue weighted by molar-refractivity contribution is -0.0705. The Morgan fingerprint density at radius 1 is 1.24 bits per heavy atom. The number of fused-ring (bicyclic) bond motifs is 3. The molecular formula is C28H37FN6O2. The largest absolute Gasteiger partial charge is 0.446 e. The molecule has 1 saturated carbocycles. The molecule has 9 heteroatoms. The zero-order chi connectivity index (χ0) is 25.7. The van der Waals surface area contributed by atoms with Crippen molar-refractivity contribution in [2.45, 2.75) is 94.9 Å². The smallest absolute Gasteiger partial charge is 0.410 e. The van der Waals surface area contributed by atoms with Crippen molar-refractivity contribution in [3.05, 3.63) is 23.5 Å². The number of ether oxygens (including phenoxy) is 1. The Labute approximate surface area is 217 Å². The maximum Gasteiger partial charge on any atom is 0.410 e. The first-order chi connectivity index (χ1) is 17.8. The summed E-state index contributed by atoms with van der Waals surface area (Å²) in [6, 6.07) is 2.62. The molecule has 2 aromatic heterocycles. The van der Waals surface area contributed by atoms with E-state index < -0.39 is 5.67 Å². The maximum atomic E-state index is 14.9. The lowest BCUT2D eigenvalue weighted by Gasteiger charge is -2.44. The molecule has 6 rings (SSSR count). The second-order valence-electron chi connectivity index (χ2n) is 11.7. The van der Waals surface area contributed by atoms with Gasteiger partial charge in [-0.3, -0.25) is 4.90 Å². The van der Waals surface area contributed by atoms with Crippen LogP contribution in [0, 0.1) is 11.8 Å². The molecule has 198 valence electrons. The second kappa shape index (κ2) is 9.46. The van der Waals surface area contributed by atoms with Gasteiger partial charge in [-0.1, -0.05) is 19.8 Å². The minimum absolute atomic E-state index is 0.112. The average Bonchev–Trinajstić information content (AvgIpc) is 3.55. The van der Waals surface area contributed by atoms with Crippen molar-refractivity contribution < 1.29 is 13.9 Å². The van der Waals surface area contributed by atoms with E-state index in [-0.39, 0.29) is 43.9 Å². The molecule has 1 N–H and O–H groups in total. The summed E-state index contributed by atoms with van der Waals surface area (Å²) in [4.78, 5) is 21.8. The summed E-state index contributed by atoms with van der Waals surface area (Å²) < 4.78 is 22.3. The van der Waals surface area contributed by atoms with Gasteiger partial charge in [-0.05, 0) is 51.4 Å². The van der Waals surface area contributed by atoms with E-state index in [1.807, 2.05) is 20.5 Å². The van der Waals surface area contributed by atoms with E-state index in [2.05, 4.69) is 42.2 Å². The molecule has 8 nitrogen and oxygen atoms in total. The van der Waals surface area contributed by atoms with Gasteiger partial charge in [0.05, 0.1) is 12.7 Å². The lowest BCUT2D eigenvalue weighted by atomic mass is 9.97. The van der Waals surface area contributed by atoms with Gasteiger partial charge in [-0.25, -0.2) is 14.2 Å². The van der Waals surface area contributed by atoms with Gasteiger partial charge in [0.25, 0.3) is 0 Å². The van der Waals surface area contributed by atoms with Crippen molar-refractivity contribution in [2.75, 3.05) is 31.6 Å². The number of carbonyl (C=O) groups is 1. The number of carbonyl (C=O) groups excluding carboxylic acids is 1. The Morgan fingerprint density at radius 3 is 2.62 bits per heavy atom.